The SMILES string of the molecule is O=S(=O)(C[C@@H]1CCCCO1)N1CCC[C@H]1c1ccco1. The molecule has 20 heavy (non-hydrogen) atoms. The van der Waals surface area contributed by atoms with E-state index in [1.165, 1.54) is 0 Å². The minimum absolute atomic E-state index is 0.101. The Balaban J connectivity index is 1.72. The molecule has 0 N–H and O–H groups in total. The standard InChI is InChI=1S/C14H21NO4S/c16-20(17,11-12-5-1-2-9-18-12)15-8-3-6-13(15)14-7-4-10-19-14/h4,7,10,12-13H,1-3,5-6,8-9,11H2/t12-,13-/m0/s1. The van der Waals surface area contributed by atoms with Crippen molar-refractivity contribution in [3.63, 3.8) is 0 Å². The van der Waals surface area contributed by atoms with E-state index in [2.05, 4.69) is 0 Å². The first-order chi connectivity index (χ1) is 9.67. The van der Waals surface area contributed by atoms with Gasteiger partial charge in [-0.1, -0.05) is 0 Å². The van der Waals surface area contributed by atoms with Crippen LogP contribution in [0.1, 0.15) is 43.9 Å². The average Bonchev–Trinajstić information content (AvgIpc) is 3.10. The first kappa shape index (κ1) is 14.1. The Labute approximate surface area is 119 Å². The number of hydrogen-bond donors (Lipinski definition) is 0. The van der Waals surface area contributed by atoms with Crippen molar-refractivity contribution in [3.8, 4) is 0 Å². The monoisotopic (exact) mass is 299 g/mol. The molecule has 112 valence electrons. The van der Waals surface area contributed by atoms with Gasteiger partial charge >= 0.3 is 0 Å². The predicted octanol–water partition coefficient (Wildman–Crippen LogP) is 2.32. The van der Waals surface area contributed by atoms with Gasteiger partial charge in [0, 0.05) is 13.2 Å². The molecular formula is C14H21NO4S. The molecule has 2 aliphatic rings. The molecule has 2 aliphatic heterocycles. The van der Waals surface area contributed by atoms with Crippen LogP contribution in [-0.4, -0.2) is 37.7 Å². The van der Waals surface area contributed by atoms with Crippen LogP contribution in [0.3, 0.4) is 0 Å². The smallest absolute Gasteiger partial charge is 0.217 e. The summed E-state index contributed by atoms with van der Waals surface area (Å²) < 4.78 is 37.8. The Bertz CT molecular complexity index is 519. The molecule has 2 saturated heterocycles. The number of hydrogen-bond acceptors (Lipinski definition) is 4. The molecule has 6 heteroatoms. The van der Waals surface area contributed by atoms with E-state index < -0.39 is 10.0 Å². The molecule has 3 rings (SSSR count). The Morgan fingerprint density at radius 1 is 1.25 bits per heavy atom. The second-order valence-corrected chi connectivity index (χ2v) is 7.52. The summed E-state index contributed by atoms with van der Waals surface area (Å²) in [6, 6.07) is 3.52. The maximum absolute atomic E-state index is 12.6. The fourth-order valence-electron chi connectivity index (χ4n) is 3.11. The summed E-state index contributed by atoms with van der Waals surface area (Å²) in [5, 5.41) is 0. The molecule has 0 bridgehead atoms. The molecule has 0 aromatic carbocycles. The van der Waals surface area contributed by atoms with Crippen LogP contribution in [0.15, 0.2) is 22.8 Å². The Morgan fingerprint density at radius 2 is 2.15 bits per heavy atom. The molecule has 1 aromatic rings. The van der Waals surface area contributed by atoms with Crippen LogP contribution in [0.5, 0.6) is 0 Å². The van der Waals surface area contributed by atoms with Gasteiger partial charge in [0.25, 0.3) is 0 Å². The summed E-state index contributed by atoms with van der Waals surface area (Å²) in [4.78, 5) is 0. The number of ether oxygens (including phenoxy) is 1. The molecule has 0 radical (unpaired) electrons. The van der Waals surface area contributed by atoms with E-state index in [-0.39, 0.29) is 17.9 Å². The quantitative estimate of drug-likeness (QED) is 0.856. The van der Waals surface area contributed by atoms with Crippen molar-refractivity contribution in [2.45, 2.75) is 44.2 Å². The Hall–Kier alpha value is -0.850. The predicted molar refractivity (Wildman–Crippen MR) is 74.8 cm³/mol. The fourth-order valence-corrected chi connectivity index (χ4v) is 5.04. The molecule has 0 unspecified atom stereocenters. The van der Waals surface area contributed by atoms with E-state index in [9.17, 15) is 8.42 Å². The van der Waals surface area contributed by atoms with Crippen LogP contribution in [0.2, 0.25) is 0 Å². The highest BCUT2D eigenvalue weighted by molar-refractivity contribution is 7.89. The highest BCUT2D eigenvalue weighted by atomic mass is 32.2. The van der Waals surface area contributed by atoms with Crippen LogP contribution in [0.25, 0.3) is 0 Å². The van der Waals surface area contributed by atoms with Crippen molar-refractivity contribution in [2.24, 2.45) is 0 Å². The van der Waals surface area contributed by atoms with Gasteiger partial charge in [0.1, 0.15) is 5.76 Å². The zero-order valence-electron chi connectivity index (χ0n) is 11.5. The summed E-state index contributed by atoms with van der Waals surface area (Å²) in [6.07, 6.45) is 6.11. The van der Waals surface area contributed by atoms with Crippen LogP contribution in [-0.2, 0) is 14.8 Å². The Morgan fingerprint density at radius 3 is 2.85 bits per heavy atom. The maximum atomic E-state index is 12.6. The number of rotatable bonds is 4. The van der Waals surface area contributed by atoms with Gasteiger partial charge in [-0.05, 0) is 44.2 Å². The van der Waals surface area contributed by atoms with Crippen molar-refractivity contribution in [3.05, 3.63) is 24.2 Å². The summed E-state index contributed by atoms with van der Waals surface area (Å²) in [5.41, 5.74) is 0. The lowest BCUT2D eigenvalue weighted by molar-refractivity contribution is 0.0298. The third-order valence-corrected chi connectivity index (χ3v) is 6.05. The highest BCUT2D eigenvalue weighted by Gasteiger charge is 2.38. The largest absolute Gasteiger partial charge is 0.468 e. The molecule has 0 spiro atoms. The zero-order chi connectivity index (χ0) is 14.0. The van der Waals surface area contributed by atoms with Crippen LogP contribution < -0.4 is 0 Å². The lowest BCUT2D eigenvalue weighted by atomic mass is 10.1. The molecule has 3 heterocycles. The first-order valence-corrected chi connectivity index (χ1v) is 8.92. The summed E-state index contributed by atoms with van der Waals surface area (Å²) in [7, 11) is -3.29. The molecule has 5 nitrogen and oxygen atoms in total. The number of sulfonamides is 1. The summed E-state index contributed by atoms with van der Waals surface area (Å²) in [6.45, 7) is 1.27. The first-order valence-electron chi connectivity index (χ1n) is 7.31. The second-order valence-electron chi connectivity index (χ2n) is 5.55. The molecule has 0 amide bonds. The fraction of sp³-hybridized carbons (Fsp3) is 0.714. The number of nitrogens with zero attached hydrogens (tertiary/aromatic N) is 1. The summed E-state index contributed by atoms with van der Waals surface area (Å²) >= 11 is 0. The lowest BCUT2D eigenvalue weighted by Gasteiger charge is -2.27. The van der Waals surface area contributed by atoms with Crippen molar-refractivity contribution < 1.29 is 17.6 Å². The molecule has 2 atom stereocenters. The summed E-state index contributed by atoms with van der Waals surface area (Å²) in [5.74, 6) is 0.847. The average molecular weight is 299 g/mol. The van der Waals surface area contributed by atoms with Crippen molar-refractivity contribution in [2.75, 3.05) is 18.9 Å². The molecule has 0 aliphatic carbocycles. The van der Waals surface area contributed by atoms with Crippen molar-refractivity contribution >= 4 is 10.0 Å². The van der Waals surface area contributed by atoms with E-state index >= 15 is 0 Å². The molecule has 2 fully saturated rings. The van der Waals surface area contributed by atoms with E-state index in [1.807, 2.05) is 12.1 Å². The third-order valence-electron chi connectivity index (χ3n) is 4.10. The van der Waals surface area contributed by atoms with Crippen LogP contribution >= 0.6 is 0 Å². The van der Waals surface area contributed by atoms with Gasteiger partial charge in [0.2, 0.25) is 10.0 Å². The molecular weight excluding hydrogens is 278 g/mol. The van der Waals surface area contributed by atoms with Gasteiger partial charge in [-0.15, -0.1) is 0 Å². The van der Waals surface area contributed by atoms with Gasteiger partial charge in [0.15, 0.2) is 0 Å². The minimum Gasteiger partial charge on any atom is -0.468 e. The maximum Gasteiger partial charge on any atom is 0.217 e. The van der Waals surface area contributed by atoms with Gasteiger partial charge < -0.3 is 9.15 Å². The highest BCUT2D eigenvalue weighted by Crippen LogP contribution is 2.35. The topological polar surface area (TPSA) is 59.8 Å². The molecule has 0 saturated carbocycles. The van der Waals surface area contributed by atoms with Gasteiger partial charge in [-0.25, -0.2) is 8.42 Å². The van der Waals surface area contributed by atoms with E-state index in [0.717, 1.165) is 37.9 Å². The van der Waals surface area contributed by atoms with E-state index in [0.29, 0.717) is 13.2 Å². The second kappa shape index (κ2) is 5.87. The van der Waals surface area contributed by atoms with E-state index in [4.69, 9.17) is 9.15 Å². The van der Waals surface area contributed by atoms with Gasteiger partial charge in [-0.3, -0.25) is 0 Å². The molecule has 1 aromatic heterocycles. The third kappa shape index (κ3) is 2.92. The Kier molecular flexibility index (Phi) is 4.14. The normalized spacial score (nSPS) is 28.8. The lowest BCUT2D eigenvalue weighted by Crippen LogP contribution is -2.38. The van der Waals surface area contributed by atoms with Crippen LogP contribution in [0.4, 0.5) is 0 Å². The minimum atomic E-state index is -3.29. The zero-order valence-corrected chi connectivity index (χ0v) is 12.3. The van der Waals surface area contributed by atoms with Crippen molar-refractivity contribution in [1.82, 2.24) is 4.31 Å². The van der Waals surface area contributed by atoms with Gasteiger partial charge in [-0.2, -0.15) is 4.31 Å². The van der Waals surface area contributed by atoms with E-state index in [1.54, 1.807) is 10.6 Å². The number of furan rings is 1. The van der Waals surface area contributed by atoms with Crippen molar-refractivity contribution in [1.29, 1.82) is 0 Å². The van der Waals surface area contributed by atoms with Crippen LogP contribution in [0, 0.1) is 0 Å². The van der Waals surface area contributed by atoms with Gasteiger partial charge in [0.05, 0.1) is 24.2 Å².